The van der Waals surface area contributed by atoms with E-state index >= 15 is 0 Å². The van der Waals surface area contributed by atoms with Gasteiger partial charge in [0.2, 0.25) is 5.91 Å². The van der Waals surface area contributed by atoms with E-state index in [0.29, 0.717) is 51.9 Å². The number of thiazole rings is 1. The van der Waals surface area contributed by atoms with E-state index in [1.54, 1.807) is 47.8 Å². The normalized spacial score (nSPS) is 21.4. The number of carbonyl (C=O) groups is 2. The summed E-state index contributed by atoms with van der Waals surface area (Å²) < 4.78 is 32.4. The lowest BCUT2D eigenvalue weighted by atomic mass is 9.78. The summed E-state index contributed by atoms with van der Waals surface area (Å²) in [6.45, 7) is 1.97. The van der Waals surface area contributed by atoms with Gasteiger partial charge in [0, 0.05) is 34.9 Å². The van der Waals surface area contributed by atoms with Gasteiger partial charge >= 0.3 is 0 Å². The summed E-state index contributed by atoms with van der Waals surface area (Å²) in [4.78, 5) is 29.4. The number of nitrogens with zero attached hydrogens (tertiary/aromatic N) is 2. The molecule has 0 spiro atoms. The zero-order chi connectivity index (χ0) is 25.5. The third kappa shape index (κ3) is 4.66. The minimum atomic E-state index is -2.65. The molecular formula is C26H22F2N4O3S. The first-order valence-electron chi connectivity index (χ1n) is 11.4. The Labute approximate surface area is 210 Å². The number of anilines is 1. The first-order valence-corrected chi connectivity index (χ1v) is 12.3. The number of halogens is 2. The highest BCUT2D eigenvalue weighted by Crippen LogP contribution is 2.56. The highest BCUT2D eigenvalue weighted by atomic mass is 32.1. The Balaban J connectivity index is 1.19. The first kappa shape index (κ1) is 23.9. The molecule has 3 aromatic rings. The molecule has 0 saturated heterocycles. The predicted molar refractivity (Wildman–Crippen MR) is 130 cm³/mol. The van der Waals surface area contributed by atoms with E-state index < -0.39 is 29.1 Å². The summed E-state index contributed by atoms with van der Waals surface area (Å²) in [6.07, 6.45) is 0.383. The quantitative estimate of drug-likeness (QED) is 0.495. The average molecular weight is 509 g/mol. The second-order valence-corrected chi connectivity index (χ2v) is 10.0. The SMILES string of the molecule is CC1(C#N)CCOc2ccc(C(=O)NCC(=O)Nc3nc(-c4cccc([C@H]5CC5(F)F)c4)cs3)cc21. The van der Waals surface area contributed by atoms with E-state index in [9.17, 15) is 23.6 Å². The van der Waals surface area contributed by atoms with Crippen molar-refractivity contribution < 1.29 is 23.1 Å². The Morgan fingerprint density at radius 1 is 1.28 bits per heavy atom. The molecule has 36 heavy (non-hydrogen) atoms. The molecule has 2 heterocycles. The number of carbonyl (C=O) groups excluding carboxylic acids is 2. The van der Waals surface area contributed by atoms with Crippen molar-refractivity contribution in [3.05, 3.63) is 64.5 Å². The topological polar surface area (TPSA) is 104 Å². The number of ether oxygens (including phenoxy) is 1. The number of nitrogens with one attached hydrogen (secondary N) is 2. The van der Waals surface area contributed by atoms with Gasteiger partial charge in [-0.3, -0.25) is 9.59 Å². The standard InChI is InChI=1S/C26H22F2N4O3S/c1-25(14-29)7-8-35-21-6-5-17(10-18(21)25)23(34)30-12-22(33)32-24-31-20(13-36-24)16-4-2-3-15(9-16)19-11-26(19,27)28/h2-6,9-10,13,19H,7-8,11-12H2,1H3,(H,30,34)(H,31,32,33)/t19-,25?/m1/s1. The van der Waals surface area contributed by atoms with Crippen molar-refractivity contribution in [3.63, 3.8) is 0 Å². The van der Waals surface area contributed by atoms with Crippen LogP contribution in [0.15, 0.2) is 47.8 Å². The van der Waals surface area contributed by atoms with Crippen LogP contribution in [-0.2, 0) is 10.2 Å². The molecule has 0 radical (unpaired) electrons. The maximum absolute atomic E-state index is 13.4. The molecular weight excluding hydrogens is 486 g/mol. The monoisotopic (exact) mass is 508 g/mol. The van der Waals surface area contributed by atoms with Gasteiger partial charge in [-0.15, -0.1) is 11.3 Å². The molecule has 10 heteroatoms. The molecule has 1 aromatic heterocycles. The maximum atomic E-state index is 13.4. The molecule has 0 bridgehead atoms. The van der Waals surface area contributed by atoms with Gasteiger partial charge in [0.05, 0.1) is 36.2 Å². The Morgan fingerprint density at radius 2 is 2.08 bits per heavy atom. The highest BCUT2D eigenvalue weighted by molar-refractivity contribution is 7.14. The molecule has 2 atom stereocenters. The molecule has 2 N–H and O–H groups in total. The van der Waals surface area contributed by atoms with E-state index in [1.807, 2.05) is 6.92 Å². The fraction of sp³-hybridized carbons (Fsp3) is 0.308. The minimum Gasteiger partial charge on any atom is -0.493 e. The Kier molecular flexibility index (Phi) is 5.96. The molecule has 1 aliphatic heterocycles. The lowest BCUT2D eigenvalue weighted by Gasteiger charge is -2.30. The van der Waals surface area contributed by atoms with Crippen molar-refractivity contribution >= 4 is 28.3 Å². The molecule has 1 saturated carbocycles. The lowest BCUT2D eigenvalue weighted by molar-refractivity contribution is -0.115. The molecule has 1 fully saturated rings. The van der Waals surface area contributed by atoms with Gasteiger partial charge in [-0.2, -0.15) is 5.26 Å². The number of benzene rings is 2. The molecule has 7 nitrogen and oxygen atoms in total. The summed E-state index contributed by atoms with van der Waals surface area (Å²) in [7, 11) is 0. The van der Waals surface area contributed by atoms with Crippen LogP contribution in [-0.4, -0.2) is 35.9 Å². The van der Waals surface area contributed by atoms with Crippen molar-refractivity contribution in [2.75, 3.05) is 18.5 Å². The van der Waals surface area contributed by atoms with Crippen LogP contribution in [0.5, 0.6) is 5.75 Å². The van der Waals surface area contributed by atoms with E-state index in [-0.39, 0.29) is 13.0 Å². The molecule has 2 aliphatic rings. The minimum absolute atomic E-state index is 0.141. The van der Waals surface area contributed by atoms with Crippen LogP contribution in [0.1, 0.15) is 47.2 Å². The van der Waals surface area contributed by atoms with Gasteiger partial charge in [-0.25, -0.2) is 13.8 Å². The third-order valence-corrected chi connectivity index (χ3v) is 7.27. The van der Waals surface area contributed by atoms with Crippen molar-refractivity contribution in [3.8, 4) is 23.1 Å². The summed E-state index contributed by atoms with van der Waals surface area (Å²) >= 11 is 1.20. The van der Waals surface area contributed by atoms with Gasteiger partial charge in [0.1, 0.15) is 5.75 Å². The first-order chi connectivity index (χ1) is 17.2. The number of fused-ring (bicyclic) bond motifs is 1. The zero-order valence-electron chi connectivity index (χ0n) is 19.3. The number of hydrogen-bond donors (Lipinski definition) is 2. The van der Waals surface area contributed by atoms with Crippen LogP contribution in [0, 0.1) is 11.3 Å². The Hall–Kier alpha value is -3.84. The van der Waals surface area contributed by atoms with E-state index in [1.165, 1.54) is 11.3 Å². The molecule has 2 amide bonds. The molecule has 1 unspecified atom stereocenters. The van der Waals surface area contributed by atoms with Crippen LogP contribution in [0.4, 0.5) is 13.9 Å². The van der Waals surface area contributed by atoms with Gasteiger partial charge in [0.25, 0.3) is 11.8 Å². The van der Waals surface area contributed by atoms with Gasteiger partial charge in [-0.05, 0) is 36.8 Å². The van der Waals surface area contributed by atoms with Gasteiger partial charge in [-0.1, -0.05) is 18.2 Å². The second kappa shape index (κ2) is 8.99. The van der Waals surface area contributed by atoms with Crippen LogP contribution >= 0.6 is 11.3 Å². The second-order valence-electron chi connectivity index (χ2n) is 9.17. The Morgan fingerprint density at radius 3 is 2.83 bits per heavy atom. The predicted octanol–water partition coefficient (Wildman–Crippen LogP) is 4.86. The van der Waals surface area contributed by atoms with E-state index in [2.05, 4.69) is 21.7 Å². The van der Waals surface area contributed by atoms with Crippen molar-refractivity contribution in [1.82, 2.24) is 10.3 Å². The number of aromatic nitrogens is 1. The summed E-state index contributed by atoms with van der Waals surface area (Å²) in [5.74, 6) is -3.73. The lowest BCUT2D eigenvalue weighted by Crippen LogP contribution is -2.33. The van der Waals surface area contributed by atoms with Gasteiger partial charge in [0.15, 0.2) is 5.13 Å². The number of hydrogen-bond acceptors (Lipinski definition) is 6. The highest BCUT2D eigenvalue weighted by Gasteiger charge is 2.57. The van der Waals surface area contributed by atoms with Crippen molar-refractivity contribution in [1.29, 1.82) is 5.26 Å². The molecule has 1 aliphatic carbocycles. The molecule has 184 valence electrons. The summed E-state index contributed by atoms with van der Waals surface area (Å²) in [5.41, 5.74) is 2.07. The van der Waals surface area contributed by atoms with Gasteiger partial charge < -0.3 is 15.4 Å². The number of amides is 2. The molecule has 2 aromatic carbocycles. The number of nitriles is 1. The summed E-state index contributed by atoms with van der Waals surface area (Å²) in [6, 6.07) is 14.1. The third-order valence-electron chi connectivity index (χ3n) is 6.51. The smallest absolute Gasteiger partial charge is 0.255 e. The van der Waals surface area contributed by atoms with Crippen LogP contribution < -0.4 is 15.4 Å². The van der Waals surface area contributed by atoms with Crippen LogP contribution in [0.2, 0.25) is 0 Å². The number of alkyl halides is 2. The zero-order valence-corrected chi connectivity index (χ0v) is 20.1. The van der Waals surface area contributed by atoms with E-state index in [0.717, 1.165) is 0 Å². The summed E-state index contributed by atoms with van der Waals surface area (Å²) in [5, 5.41) is 16.9. The fourth-order valence-electron chi connectivity index (χ4n) is 4.22. The fourth-order valence-corrected chi connectivity index (χ4v) is 4.96. The largest absolute Gasteiger partial charge is 0.493 e. The van der Waals surface area contributed by atoms with Crippen LogP contribution in [0.25, 0.3) is 11.3 Å². The average Bonchev–Trinajstić information content (AvgIpc) is 3.28. The maximum Gasteiger partial charge on any atom is 0.255 e. The van der Waals surface area contributed by atoms with Crippen LogP contribution in [0.3, 0.4) is 0 Å². The Bertz CT molecular complexity index is 1400. The molecule has 5 rings (SSSR count). The van der Waals surface area contributed by atoms with E-state index in [4.69, 9.17) is 4.74 Å². The number of rotatable bonds is 6. The van der Waals surface area contributed by atoms with Crippen molar-refractivity contribution in [2.45, 2.75) is 37.0 Å². The van der Waals surface area contributed by atoms with Crippen molar-refractivity contribution in [2.24, 2.45) is 0 Å².